The van der Waals surface area contributed by atoms with Gasteiger partial charge in [0.05, 0.1) is 6.61 Å². The number of nitrogens with one attached hydrogen (secondary N) is 1. The molecular formula is C37H41N3O3. The Hall–Kier alpha value is -4.29. The summed E-state index contributed by atoms with van der Waals surface area (Å²) in [6.45, 7) is 4.58. The number of carbonyl (C=O) groups excluding carboxylic acids is 2. The lowest BCUT2D eigenvalue weighted by Gasteiger charge is -2.16. The van der Waals surface area contributed by atoms with E-state index in [9.17, 15) is 9.59 Å². The third-order valence-corrected chi connectivity index (χ3v) is 7.99. The largest absolute Gasteiger partial charge is 0.493 e. The molecule has 43 heavy (non-hydrogen) atoms. The molecule has 1 saturated heterocycles. The normalized spacial score (nSPS) is 13.1. The molecule has 3 aromatic carbocycles. The van der Waals surface area contributed by atoms with Crippen LogP contribution in [0.2, 0.25) is 0 Å². The number of aryl methyl sites for hydroxylation is 1. The number of nitrogens with zero attached hydrogens (tertiary/aromatic N) is 2. The lowest BCUT2D eigenvalue weighted by Crippen LogP contribution is -2.29. The quantitative estimate of drug-likeness (QED) is 0.168. The third kappa shape index (κ3) is 9.10. The summed E-state index contributed by atoms with van der Waals surface area (Å²) in [5.74, 6) is 0.960. The van der Waals surface area contributed by atoms with Crippen molar-refractivity contribution in [1.29, 1.82) is 0 Å². The minimum atomic E-state index is -0.0290. The zero-order valence-corrected chi connectivity index (χ0v) is 24.8. The topological polar surface area (TPSA) is 71.5 Å². The average Bonchev–Trinajstić information content (AvgIpc) is 3.57. The van der Waals surface area contributed by atoms with Crippen molar-refractivity contribution in [2.45, 2.75) is 44.9 Å². The average molecular weight is 576 g/mol. The zero-order valence-electron chi connectivity index (χ0n) is 24.8. The first-order valence-corrected chi connectivity index (χ1v) is 15.5. The van der Waals surface area contributed by atoms with Crippen LogP contribution in [0.5, 0.6) is 5.75 Å². The number of ether oxygens (including phenoxy) is 1. The number of amides is 1. The first-order valence-electron chi connectivity index (χ1n) is 15.5. The van der Waals surface area contributed by atoms with Crippen LogP contribution in [0.15, 0.2) is 97.3 Å². The molecule has 0 unspecified atom stereocenters. The Morgan fingerprint density at radius 2 is 1.58 bits per heavy atom. The number of hydrogen-bond acceptors (Lipinski definition) is 5. The molecule has 1 aromatic heterocycles. The van der Waals surface area contributed by atoms with Gasteiger partial charge >= 0.3 is 0 Å². The number of aromatic nitrogens is 1. The van der Waals surface area contributed by atoms with E-state index in [4.69, 9.17) is 4.74 Å². The summed E-state index contributed by atoms with van der Waals surface area (Å²) in [6.07, 6.45) is 9.43. The monoisotopic (exact) mass is 575 g/mol. The van der Waals surface area contributed by atoms with Crippen molar-refractivity contribution < 1.29 is 14.3 Å². The van der Waals surface area contributed by atoms with E-state index in [-0.39, 0.29) is 11.7 Å². The lowest BCUT2D eigenvalue weighted by molar-refractivity contribution is -0.118. The summed E-state index contributed by atoms with van der Waals surface area (Å²) in [7, 11) is 0. The molecule has 6 nitrogen and oxygen atoms in total. The molecule has 1 aliphatic heterocycles. The molecule has 4 aromatic rings. The number of hydrogen-bond donors (Lipinski definition) is 1. The number of rotatable bonds is 15. The van der Waals surface area contributed by atoms with E-state index in [1.54, 1.807) is 6.20 Å². The van der Waals surface area contributed by atoms with Gasteiger partial charge < -0.3 is 15.0 Å². The molecule has 0 aliphatic carbocycles. The predicted molar refractivity (Wildman–Crippen MR) is 171 cm³/mol. The van der Waals surface area contributed by atoms with E-state index in [1.807, 2.05) is 79.0 Å². The summed E-state index contributed by atoms with van der Waals surface area (Å²) < 4.78 is 6.08. The second-order valence-corrected chi connectivity index (χ2v) is 11.2. The molecule has 5 rings (SSSR count). The molecule has 1 aliphatic rings. The van der Waals surface area contributed by atoms with E-state index in [0.29, 0.717) is 44.4 Å². The third-order valence-electron chi connectivity index (χ3n) is 7.99. The van der Waals surface area contributed by atoms with Gasteiger partial charge in [-0.15, -0.1) is 0 Å². The van der Waals surface area contributed by atoms with Gasteiger partial charge in [0.2, 0.25) is 0 Å². The van der Waals surface area contributed by atoms with Crippen molar-refractivity contribution in [3.63, 3.8) is 0 Å². The molecule has 0 bridgehead atoms. The minimum Gasteiger partial charge on any atom is -0.493 e. The van der Waals surface area contributed by atoms with E-state index in [1.165, 1.54) is 25.9 Å². The van der Waals surface area contributed by atoms with Crippen LogP contribution in [0.3, 0.4) is 0 Å². The van der Waals surface area contributed by atoms with Crippen LogP contribution in [0.1, 0.15) is 52.7 Å². The van der Waals surface area contributed by atoms with E-state index >= 15 is 0 Å². The summed E-state index contributed by atoms with van der Waals surface area (Å²) >= 11 is 0. The van der Waals surface area contributed by atoms with Gasteiger partial charge in [-0.2, -0.15) is 0 Å². The van der Waals surface area contributed by atoms with Crippen molar-refractivity contribution in [1.82, 2.24) is 15.2 Å². The molecule has 0 radical (unpaired) electrons. The predicted octanol–water partition coefficient (Wildman–Crippen LogP) is 6.33. The summed E-state index contributed by atoms with van der Waals surface area (Å²) in [5, 5.41) is 3.13. The van der Waals surface area contributed by atoms with Crippen LogP contribution in [-0.2, 0) is 24.1 Å². The number of Topliss-reactive ketones (excluding diaryl/α,β-unsaturated/α-hetero) is 1. The van der Waals surface area contributed by atoms with Crippen LogP contribution in [0.4, 0.5) is 0 Å². The molecule has 0 saturated carbocycles. The number of carbonyl (C=O) groups is 2. The molecule has 1 fully saturated rings. The molecular weight excluding hydrogens is 534 g/mol. The summed E-state index contributed by atoms with van der Waals surface area (Å²) in [6, 6.07) is 27.7. The highest BCUT2D eigenvalue weighted by Crippen LogP contribution is 2.28. The Bertz CT molecular complexity index is 1460. The van der Waals surface area contributed by atoms with Crippen molar-refractivity contribution >= 4 is 11.7 Å². The zero-order chi connectivity index (χ0) is 29.7. The Labute approximate surface area is 255 Å². The highest BCUT2D eigenvalue weighted by atomic mass is 16.5. The van der Waals surface area contributed by atoms with Gasteiger partial charge in [0.1, 0.15) is 11.5 Å². The van der Waals surface area contributed by atoms with Crippen LogP contribution in [0, 0.1) is 0 Å². The van der Waals surface area contributed by atoms with Crippen LogP contribution >= 0.6 is 0 Å². The Balaban J connectivity index is 1.12. The van der Waals surface area contributed by atoms with E-state index < -0.39 is 0 Å². The van der Waals surface area contributed by atoms with Crippen LogP contribution in [0.25, 0.3) is 11.1 Å². The molecule has 1 amide bonds. The fourth-order valence-corrected chi connectivity index (χ4v) is 5.65. The maximum Gasteiger partial charge on any atom is 0.251 e. The number of pyridine rings is 1. The number of benzene rings is 3. The van der Waals surface area contributed by atoms with Gasteiger partial charge in [-0.3, -0.25) is 14.6 Å². The van der Waals surface area contributed by atoms with Crippen molar-refractivity contribution in [2.75, 3.05) is 32.8 Å². The first kappa shape index (κ1) is 30.2. The highest BCUT2D eigenvalue weighted by molar-refractivity contribution is 6.01. The van der Waals surface area contributed by atoms with Crippen molar-refractivity contribution in [2.24, 2.45) is 0 Å². The van der Waals surface area contributed by atoms with Gasteiger partial charge in [0.15, 0.2) is 0 Å². The molecule has 0 atom stereocenters. The van der Waals surface area contributed by atoms with Gasteiger partial charge in [-0.1, -0.05) is 60.7 Å². The lowest BCUT2D eigenvalue weighted by atomic mass is 9.93. The SMILES string of the molecule is O=C(CCc1cccnc1)Cc1ccc(OCCc2ccccc2-c2ccccc2C(=O)NCCCN2CCCC2)cc1. The first-order chi connectivity index (χ1) is 21.2. The second kappa shape index (κ2) is 15.8. The van der Waals surface area contributed by atoms with E-state index in [0.717, 1.165) is 46.5 Å². The van der Waals surface area contributed by atoms with E-state index in [2.05, 4.69) is 27.3 Å². The van der Waals surface area contributed by atoms with Crippen LogP contribution in [-0.4, -0.2) is 54.4 Å². The second-order valence-electron chi connectivity index (χ2n) is 11.2. The summed E-state index contributed by atoms with van der Waals surface area (Å²) in [5.41, 5.74) is 5.88. The Kier molecular flexibility index (Phi) is 11.1. The molecule has 1 N–H and O–H groups in total. The fourth-order valence-electron chi connectivity index (χ4n) is 5.65. The molecule has 222 valence electrons. The minimum absolute atomic E-state index is 0.0290. The fraction of sp³-hybridized carbons (Fsp3) is 0.324. The van der Waals surface area contributed by atoms with Gasteiger partial charge in [-0.05, 0) is 97.4 Å². The molecule has 0 spiro atoms. The smallest absolute Gasteiger partial charge is 0.251 e. The van der Waals surface area contributed by atoms with Crippen molar-refractivity contribution in [3.05, 3.63) is 120 Å². The van der Waals surface area contributed by atoms with Gasteiger partial charge in [0.25, 0.3) is 5.91 Å². The number of ketones is 1. The Morgan fingerprint density at radius 3 is 2.37 bits per heavy atom. The number of likely N-dealkylation sites (tertiary alicyclic amines) is 1. The summed E-state index contributed by atoms with van der Waals surface area (Å²) in [4.78, 5) is 32.2. The van der Waals surface area contributed by atoms with Gasteiger partial charge in [-0.25, -0.2) is 0 Å². The molecule has 6 heteroatoms. The maximum atomic E-state index is 13.2. The standard InChI is InChI=1S/C37H41N3O3/c41-32(17-14-30-9-7-21-38-28-30)27-29-15-18-33(19-16-29)43-26-20-31-10-1-2-11-34(31)35-12-3-4-13-36(35)37(42)39-22-8-25-40-23-5-6-24-40/h1-4,7,9-13,15-16,18-19,21,28H,5-6,8,14,17,20,22-27H2,(H,39,42). The highest BCUT2D eigenvalue weighted by Gasteiger charge is 2.15. The van der Waals surface area contributed by atoms with Crippen LogP contribution < -0.4 is 10.1 Å². The van der Waals surface area contributed by atoms with Gasteiger partial charge in [0, 0.05) is 43.8 Å². The van der Waals surface area contributed by atoms with Crippen molar-refractivity contribution in [3.8, 4) is 16.9 Å². The maximum absolute atomic E-state index is 13.2. The molecule has 2 heterocycles. The Morgan fingerprint density at radius 1 is 0.814 bits per heavy atom.